The van der Waals surface area contributed by atoms with Gasteiger partial charge in [0.15, 0.2) is 11.5 Å². The maximum absolute atomic E-state index is 12.4. The van der Waals surface area contributed by atoms with E-state index in [0.717, 1.165) is 12.8 Å². The summed E-state index contributed by atoms with van der Waals surface area (Å²) in [4.78, 5) is 40.4. The Balaban J connectivity index is 1.61. The predicted octanol–water partition coefficient (Wildman–Crippen LogP) is 0.311. The molecular weight excluding hydrogens is 390 g/mol. The van der Waals surface area contributed by atoms with Crippen molar-refractivity contribution in [3.63, 3.8) is 0 Å². The lowest BCUT2D eigenvalue weighted by Gasteiger charge is -2.27. The molecule has 0 fully saturated rings. The minimum Gasteiger partial charge on any atom is -0.486 e. The first-order chi connectivity index (χ1) is 14.4. The average Bonchev–Trinajstić information content (AvgIpc) is 2.71. The van der Waals surface area contributed by atoms with Gasteiger partial charge in [0.2, 0.25) is 5.91 Å². The summed E-state index contributed by atoms with van der Waals surface area (Å²) in [6.45, 7) is 2.85. The number of nitrogens with two attached hydrogens (primary N) is 1. The van der Waals surface area contributed by atoms with E-state index >= 15 is 0 Å². The quantitative estimate of drug-likeness (QED) is 0.563. The molecule has 2 aromatic rings. The van der Waals surface area contributed by atoms with Gasteiger partial charge in [-0.1, -0.05) is 25.5 Å². The molecule has 1 aromatic heterocycles. The van der Waals surface area contributed by atoms with Crippen molar-refractivity contribution in [2.45, 2.75) is 32.4 Å². The van der Waals surface area contributed by atoms with E-state index in [1.165, 1.54) is 9.47 Å². The molecule has 1 aliphatic rings. The Labute approximate surface area is 173 Å². The minimum atomic E-state index is -0.624. The third kappa shape index (κ3) is 4.76. The smallest absolute Gasteiger partial charge is 0.330 e. The number of hydrogen-bond acceptors (Lipinski definition) is 7. The van der Waals surface area contributed by atoms with Crippen LogP contribution >= 0.6 is 0 Å². The number of unbranched alkanes of at least 4 members (excludes halogenated alkanes) is 1. The monoisotopic (exact) mass is 417 g/mol. The highest BCUT2D eigenvalue weighted by Gasteiger charge is 2.22. The van der Waals surface area contributed by atoms with Crippen molar-refractivity contribution in [3.8, 4) is 11.5 Å². The van der Waals surface area contributed by atoms with Crippen LogP contribution in [0.2, 0.25) is 0 Å². The lowest BCUT2D eigenvalue weighted by molar-refractivity contribution is -0.120. The molecule has 1 amide bonds. The SMILES string of the molecule is CCCCn1c(N)c(N(C)CC(=O)NCC2COc3ccccc3O2)c(=O)[nH]c1=O. The topological polar surface area (TPSA) is 132 Å². The fourth-order valence-corrected chi connectivity index (χ4v) is 3.23. The van der Waals surface area contributed by atoms with Crippen molar-refractivity contribution >= 4 is 17.4 Å². The molecule has 0 radical (unpaired) electrons. The Morgan fingerprint density at radius 2 is 2.07 bits per heavy atom. The molecule has 3 rings (SSSR count). The number of benzene rings is 1. The van der Waals surface area contributed by atoms with Crippen molar-refractivity contribution in [1.82, 2.24) is 14.9 Å². The van der Waals surface area contributed by atoms with Crippen LogP contribution in [0.5, 0.6) is 11.5 Å². The zero-order valence-corrected chi connectivity index (χ0v) is 17.1. The summed E-state index contributed by atoms with van der Waals surface area (Å²) in [5.74, 6) is 1.04. The molecule has 0 bridgehead atoms. The number of aromatic nitrogens is 2. The Morgan fingerprint density at radius 3 is 2.80 bits per heavy atom. The average molecular weight is 417 g/mol. The van der Waals surface area contributed by atoms with Crippen LogP contribution in [0.15, 0.2) is 33.9 Å². The second kappa shape index (κ2) is 9.38. The number of nitrogen functional groups attached to an aromatic ring is 1. The third-order valence-corrected chi connectivity index (χ3v) is 4.81. The van der Waals surface area contributed by atoms with Crippen molar-refractivity contribution in [1.29, 1.82) is 0 Å². The Bertz CT molecular complexity index is 1020. The molecule has 2 heterocycles. The number of amides is 1. The van der Waals surface area contributed by atoms with Crippen molar-refractivity contribution < 1.29 is 14.3 Å². The van der Waals surface area contributed by atoms with Crippen LogP contribution in [0, 0.1) is 0 Å². The Kier molecular flexibility index (Phi) is 6.65. The number of ether oxygens (including phenoxy) is 2. The van der Waals surface area contributed by atoms with Gasteiger partial charge in [-0.05, 0) is 18.6 Å². The highest BCUT2D eigenvalue weighted by molar-refractivity contribution is 5.82. The molecule has 10 heteroatoms. The molecule has 0 saturated carbocycles. The molecule has 4 N–H and O–H groups in total. The summed E-state index contributed by atoms with van der Waals surface area (Å²) in [5.41, 5.74) is 4.98. The zero-order chi connectivity index (χ0) is 21.7. The van der Waals surface area contributed by atoms with E-state index in [1.54, 1.807) is 13.1 Å². The minimum absolute atomic E-state index is 0.0492. The van der Waals surface area contributed by atoms with E-state index in [-0.39, 0.29) is 36.6 Å². The highest BCUT2D eigenvalue weighted by Crippen LogP contribution is 2.30. The molecule has 162 valence electrons. The van der Waals surface area contributed by atoms with Gasteiger partial charge < -0.3 is 25.4 Å². The maximum Gasteiger partial charge on any atom is 0.330 e. The normalized spacial score (nSPS) is 14.9. The van der Waals surface area contributed by atoms with E-state index in [9.17, 15) is 14.4 Å². The molecule has 1 unspecified atom stereocenters. The number of H-pyrrole nitrogens is 1. The number of carbonyl (C=O) groups excluding carboxylic acids is 1. The lowest BCUT2D eigenvalue weighted by Crippen LogP contribution is -2.45. The number of likely N-dealkylation sites (N-methyl/N-ethyl adjacent to an activating group) is 1. The molecule has 1 atom stereocenters. The van der Waals surface area contributed by atoms with Gasteiger partial charge in [-0.15, -0.1) is 0 Å². The highest BCUT2D eigenvalue weighted by atomic mass is 16.6. The van der Waals surface area contributed by atoms with Gasteiger partial charge in [0.1, 0.15) is 24.2 Å². The van der Waals surface area contributed by atoms with Crippen molar-refractivity contribution in [2.24, 2.45) is 0 Å². The number of fused-ring (bicyclic) bond motifs is 1. The fourth-order valence-electron chi connectivity index (χ4n) is 3.23. The molecular formula is C20H27N5O5. The van der Waals surface area contributed by atoms with Crippen LogP contribution in [0.1, 0.15) is 19.8 Å². The molecule has 0 aliphatic carbocycles. The second-order valence-electron chi connectivity index (χ2n) is 7.16. The van der Waals surface area contributed by atoms with Gasteiger partial charge >= 0.3 is 5.69 Å². The summed E-state index contributed by atoms with van der Waals surface area (Å²) in [6, 6.07) is 7.33. The number of rotatable bonds is 8. The number of hydrogen-bond donors (Lipinski definition) is 3. The second-order valence-corrected chi connectivity index (χ2v) is 7.16. The number of aromatic amines is 1. The molecule has 0 saturated heterocycles. The van der Waals surface area contributed by atoms with Gasteiger partial charge in [0.25, 0.3) is 5.56 Å². The fraction of sp³-hybridized carbons (Fsp3) is 0.450. The summed E-state index contributed by atoms with van der Waals surface area (Å²) in [5, 5.41) is 2.78. The number of nitrogens with zero attached hydrogens (tertiary/aromatic N) is 2. The molecule has 1 aromatic carbocycles. The van der Waals surface area contributed by atoms with E-state index in [1.807, 2.05) is 25.1 Å². The van der Waals surface area contributed by atoms with Crippen LogP contribution in [0.3, 0.4) is 0 Å². The van der Waals surface area contributed by atoms with Crippen LogP contribution < -0.4 is 36.7 Å². The van der Waals surface area contributed by atoms with Gasteiger partial charge in [-0.25, -0.2) is 4.79 Å². The molecule has 0 spiro atoms. The van der Waals surface area contributed by atoms with Crippen LogP contribution in [0.4, 0.5) is 11.5 Å². The van der Waals surface area contributed by atoms with Gasteiger partial charge in [0, 0.05) is 13.6 Å². The van der Waals surface area contributed by atoms with Crippen molar-refractivity contribution in [2.75, 3.05) is 37.4 Å². The van der Waals surface area contributed by atoms with Gasteiger partial charge in [0.05, 0.1) is 13.1 Å². The Morgan fingerprint density at radius 1 is 1.33 bits per heavy atom. The standard InChI is InChI=1S/C20H27N5O5/c1-3-4-9-25-18(21)17(19(27)23-20(25)28)24(2)11-16(26)22-10-13-12-29-14-7-5-6-8-15(14)30-13/h5-8,13H,3-4,9-12,21H2,1-2H3,(H,22,26)(H,23,27,28). The summed E-state index contributed by atoms with van der Waals surface area (Å²) in [6.07, 6.45) is 1.29. The first-order valence-electron chi connectivity index (χ1n) is 9.89. The first kappa shape index (κ1) is 21.3. The third-order valence-electron chi connectivity index (χ3n) is 4.81. The van der Waals surface area contributed by atoms with E-state index in [2.05, 4.69) is 10.3 Å². The number of para-hydroxylation sites is 2. The summed E-state index contributed by atoms with van der Waals surface area (Å²) >= 11 is 0. The van der Waals surface area contributed by atoms with Crippen molar-refractivity contribution in [3.05, 3.63) is 45.1 Å². The van der Waals surface area contributed by atoms with Crippen LogP contribution in [-0.4, -0.2) is 48.3 Å². The molecule has 10 nitrogen and oxygen atoms in total. The first-order valence-corrected chi connectivity index (χ1v) is 9.89. The zero-order valence-electron chi connectivity index (χ0n) is 17.1. The number of anilines is 2. The van der Waals surface area contributed by atoms with E-state index in [4.69, 9.17) is 15.2 Å². The van der Waals surface area contributed by atoms with E-state index in [0.29, 0.717) is 24.7 Å². The van der Waals surface area contributed by atoms with Crippen LogP contribution in [-0.2, 0) is 11.3 Å². The summed E-state index contributed by atoms with van der Waals surface area (Å²) in [7, 11) is 1.58. The van der Waals surface area contributed by atoms with Gasteiger partial charge in [-0.2, -0.15) is 0 Å². The van der Waals surface area contributed by atoms with Gasteiger partial charge in [-0.3, -0.25) is 19.1 Å². The predicted molar refractivity (Wildman–Crippen MR) is 113 cm³/mol. The molecule has 30 heavy (non-hydrogen) atoms. The maximum atomic E-state index is 12.4. The lowest BCUT2D eigenvalue weighted by atomic mass is 10.2. The number of nitrogens with one attached hydrogen (secondary N) is 2. The van der Waals surface area contributed by atoms with E-state index < -0.39 is 11.2 Å². The van der Waals surface area contributed by atoms with Crippen LogP contribution in [0.25, 0.3) is 0 Å². The Hall–Kier alpha value is -3.43. The largest absolute Gasteiger partial charge is 0.486 e. The molecule has 1 aliphatic heterocycles. The number of carbonyl (C=O) groups is 1. The summed E-state index contributed by atoms with van der Waals surface area (Å²) < 4.78 is 12.8.